The van der Waals surface area contributed by atoms with Gasteiger partial charge < -0.3 is 14.4 Å². The third-order valence-corrected chi connectivity index (χ3v) is 4.51. The molecule has 0 saturated carbocycles. The number of hydrogen-bond donors (Lipinski definition) is 1. The van der Waals surface area contributed by atoms with Crippen molar-refractivity contribution >= 4 is 16.7 Å². The van der Waals surface area contributed by atoms with Crippen molar-refractivity contribution in [1.29, 1.82) is 0 Å². The fourth-order valence-corrected chi connectivity index (χ4v) is 3.11. The molecule has 1 aromatic carbocycles. The standard InChI is InChI=1S/C17H16N4O3/c1-17(8-7-13(22)19-17)16-18-14(24-20-16)12-9-21(2)15(23)11-6-4-3-5-10(11)12/h3-6,9H,7-8H2,1-2H3,(H,19,22). The monoisotopic (exact) mass is 324 g/mol. The van der Waals surface area contributed by atoms with Gasteiger partial charge in [-0.15, -0.1) is 0 Å². The summed E-state index contributed by atoms with van der Waals surface area (Å²) in [4.78, 5) is 28.3. The van der Waals surface area contributed by atoms with Crippen LogP contribution < -0.4 is 10.9 Å². The highest BCUT2D eigenvalue weighted by Gasteiger charge is 2.39. The summed E-state index contributed by atoms with van der Waals surface area (Å²) in [5.41, 5.74) is -0.00144. The average molecular weight is 324 g/mol. The van der Waals surface area contributed by atoms with E-state index in [1.165, 1.54) is 4.57 Å². The molecule has 2 aromatic heterocycles. The van der Waals surface area contributed by atoms with Crippen LogP contribution in [0.1, 0.15) is 25.6 Å². The minimum Gasteiger partial charge on any atom is -0.343 e. The zero-order valence-corrected chi connectivity index (χ0v) is 13.4. The first-order valence-corrected chi connectivity index (χ1v) is 7.72. The van der Waals surface area contributed by atoms with Crippen molar-refractivity contribution in [2.75, 3.05) is 0 Å². The van der Waals surface area contributed by atoms with E-state index in [-0.39, 0.29) is 11.5 Å². The topological polar surface area (TPSA) is 90.0 Å². The van der Waals surface area contributed by atoms with Crippen LogP contribution >= 0.6 is 0 Å². The molecule has 7 heteroatoms. The molecule has 1 saturated heterocycles. The van der Waals surface area contributed by atoms with Crippen LogP contribution in [-0.4, -0.2) is 20.6 Å². The van der Waals surface area contributed by atoms with Crippen LogP contribution in [-0.2, 0) is 17.4 Å². The van der Waals surface area contributed by atoms with Gasteiger partial charge in [0.05, 0.1) is 5.56 Å². The Morgan fingerprint density at radius 2 is 2.00 bits per heavy atom. The number of carbonyl (C=O) groups is 1. The highest BCUT2D eigenvalue weighted by Crippen LogP contribution is 2.31. The summed E-state index contributed by atoms with van der Waals surface area (Å²) in [5, 5.41) is 8.30. The van der Waals surface area contributed by atoms with E-state index in [0.29, 0.717) is 35.5 Å². The molecular formula is C17H16N4O3. The summed E-state index contributed by atoms with van der Waals surface area (Å²) >= 11 is 0. The molecule has 4 rings (SSSR count). The number of rotatable bonds is 2. The molecule has 3 aromatic rings. The zero-order chi connectivity index (χ0) is 16.9. The lowest BCUT2D eigenvalue weighted by atomic mass is 10.00. The number of aryl methyl sites for hydroxylation is 1. The van der Waals surface area contributed by atoms with Gasteiger partial charge in [0.15, 0.2) is 5.82 Å². The van der Waals surface area contributed by atoms with E-state index in [0.717, 1.165) is 5.39 Å². The van der Waals surface area contributed by atoms with Gasteiger partial charge in [0, 0.05) is 30.4 Å². The van der Waals surface area contributed by atoms with Crippen LogP contribution in [0, 0.1) is 0 Å². The number of hydrogen-bond acceptors (Lipinski definition) is 5. The number of pyridine rings is 1. The van der Waals surface area contributed by atoms with E-state index in [4.69, 9.17) is 4.52 Å². The minimum atomic E-state index is -0.616. The largest absolute Gasteiger partial charge is 0.343 e. The summed E-state index contributed by atoms with van der Waals surface area (Å²) in [6.07, 6.45) is 2.76. The van der Waals surface area contributed by atoms with Crippen molar-refractivity contribution in [3.05, 3.63) is 46.6 Å². The van der Waals surface area contributed by atoms with Crippen molar-refractivity contribution in [2.45, 2.75) is 25.3 Å². The van der Waals surface area contributed by atoms with Crippen LogP contribution in [0.4, 0.5) is 0 Å². The maximum atomic E-state index is 12.3. The minimum absolute atomic E-state index is 0.0172. The second kappa shape index (κ2) is 5.02. The molecule has 0 bridgehead atoms. The molecule has 1 amide bonds. The predicted molar refractivity (Wildman–Crippen MR) is 87.2 cm³/mol. The second-order valence-electron chi connectivity index (χ2n) is 6.31. The van der Waals surface area contributed by atoms with Gasteiger partial charge in [0.1, 0.15) is 5.54 Å². The molecule has 0 radical (unpaired) electrons. The lowest BCUT2D eigenvalue weighted by Gasteiger charge is -2.18. The first-order chi connectivity index (χ1) is 11.5. The average Bonchev–Trinajstić information content (AvgIpc) is 3.19. The number of fused-ring (bicyclic) bond motifs is 1. The Labute approximate surface area is 137 Å². The molecule has 1 fully saturated rings. The van der Waals surface area contributed by atoms with Crippen molar-refractivity contribution < 1.29 is 9.32 Å². The van der Waals surface area contributed by atoms with Gasteiger partial charge in [-0.3, -0.25) is 9.59 Å². The molecule has 0 spiro atoms. The van der Waals surface area contributed by atoms with Gasteiger partial charge in [0.25, 0.3) is 11.4 Å². The molecule has 0 aliphatic carbocycles. The summed E-state index contributed by atoms with van der Waals surface area (Å²) in [6, 6.07) is 7.31. The van der Waals surface area contributed by atoms with E-state index in [1.807, 2.05) is 25.1 Å². The van der Waals surface area contributed by atoms with E-state index >= 15 is 0 Å². The smallest absolute Gasteiger partial charge is 0.260 e. The fraction of sp³-hybridized carbons (Fsp3) is 0.294. The Balaban J connectivity index is 1.87. The highest BCUT2D eigenvalue weighted by atomic mass is 16.5. The van der Waals surface area contributed by atoms with Crippen molar-refractivity contribution in [1.82, 2.24) is 20.0 Å². The van der Waals surface area contributed by atoms with Gasteiger partial charge in [-0.25, -0.2) is 0 Å². The lowest BCUT2D eigenvalue weighted by molar-refractivity contribution is -0.119. The van der Waals surface area contributed by atoms with Crippen LogP contribution in [0.25, 0.3) is 22.2 Å². The number of aromatic nitrogens is 3. The zero-order valence-electron chi connectivity index (χ0n) is 13.4. The third kappa shape index (κ3) is 2.12. The molecule has 24 heavy (non-hydrogen) atoms. The van der Waals surface area contributed by atoms with Gasteiger partial charge >= 0.3 is 0 Å². The van der Waals surface area contributed by atoms with Gasteiger partial charge in [-0.2, -0.15) is 4.98 Å². The first kappa shape index (κ1) is 14.6. The molecule has 7 nitrogen and oxygen atoms in total. The van der Waals surface area contributed by atoms with E-state index in [2.05, 4.69) is 15.5 Å². The summed E-state index contributed by atoms with van der Waals surface area (Å²) in [5.74, 6) is 0.761. The van der Waals surface area contributed by atoms with Crippen LogP contribution in [0.15, 0.2) is 39.8 Å². The maximum absolute atomic E-state index is 12.3. The van der Waals surface area contributed by atoms with Crippen molar-refractivity contribution in [3.8, 4) is 11.5 Å². The quantitative estimate of drug-likeness (QED) is 0.775. The number of amides is 1. The van der Waals surface area contributed by atoms with Crippen LogP contribution in [0.2, 0.25) is 0 Å². The van der Waals surface area contributed by atoms with E-state index < -0.39 is 5.54 Å². The summed E-state index contributed by atoms with van der Waals surface area (Å²) < 4.78 is 6.94. The molecule has 1 atom stereocenters. The predicted octanol–water partition coefficient (Wildman–Crippen LogP) is 1.71. The molecular weight excluding hydrogens is 308 g/mol. The summed E-state index contributed by atoms with van der Waals surface area (Å²) in [7, 11) is 1.69. The molecule has 1 aliphatic heterocycles. The highest BCUT2D eigenvalue weighted by molar-refractivity contribution is 5.93. The van der Waals surface area contributed by atoms with E-state index in [9.17, 15) is 9.59 Å². The second-order valence-corrected chi connectivity index (χ2v) is 6.31. The molecule has 1 N–H and O–H groups in total. The number of benzene rings is 1. The number of nitrogens with one attached hydrogen (secondary N) is 1. The van der Waals surface area contributed by atoms with E-state index in [1.54, 1.807) is 19.3 Å². The SMILES string of the molecule is Cn1cc(-c2nc(C3(C)CCC(=O)N3)no2)c2ccccc2c1=O. The molecule has 3 heterocycles. The maximum Gasteiger partial charge on any atom is 0.260 e. The van der Waals surface area contributed by atoms with Crippen molar-refractivity contribution in [3.63, 3.8) is 0 Å². The molecule has 1 aliphatic rings. The van der Waals surface area contributed by atoms with Crippen molar-refractivity contribution in [2.24, 2.45) is 7.05 Å². The van der Waals surface area contributed by atoms with Crippen LogP contribution in [0.5, 0.6) is 0 Å². The Bertz CT molecular complexity index is 1020. The Morgan fingerprint density at radius 3 is 2.71 bits per heavy atom. The Hall–Kier alpha value is -2.96. The Kier molecular flexibility index (Phi) is 3.06. The first-order valence-electron chi connectivity index (χ1n) is 7.72. The normalized spacial score (nSPS) is 20.5. The molecule has 1 unspecified atom stereocenters. The lowest BCUT2D eigenvalue weighted by Crippen LogP contribution is -2.36. The Morgan fingerprint density at radius 1 is 1.25 bits per heavy atom. The third-order valence-electron chi connectivity index (χ3n) is 4.51. The summed E-state index contributed by atoms with van der Waals surface area (Å²) in [6.45, 7) is 1.88. The fourth-order valence-electron chi connectivity index (χ4n) is 3.11. The molecule has 122 valence electrons. The van der Waals surface area contributed by atoms with Gasteiger partial charge in [0.2, 0.25) is 5.91 Å². The number of nitrogens with zero attached hydrogens (tertiary/aromatic N) is 3. The van der Waals surface area contributed by atoms with Crippen LogP contribution in [0.3, 0.4) is 0 Å². The van der Waals surface area contributed by atoms with Gasteiger partial charge in [-0.1, -0.05) is 23.4 Å². The van der Waals surface area contributed by atoms with Gasteiger partial charge in [-0.05, 0) is 19.4 Å². The number of carbonyl (C=O) groups excluding carboxylic acids is 1.